The average molecular weight is 208 g/mol. The standard InChI is InChI=1S/C11H12O4/c12-9-3-1-2-8(6-9)7-10(13)4-5-11(14)15/h1-3,6,12H,4-5,7H2,(H,14,15). The summed E-state index contributed by atoms with van der Waals surface area (Å²) in [4.78, 5) is 21.5. The van der Waals surface area contributed by atoms with E-state index in [-0.39, 0.29) is 30.8 Å². The highest BCUT2D eigenvalue weighted by atomic mass is 16.4. The van der Waals surface area contributed by atoms with E-state index < -0.39 is 5.97 Å². The molecule has 0 aliphatic carbocycles. The van der Waals surface area contributed by atoms with Crippen LogP contribution in [-0.2, 0) is 16.0 Å². The maximum Gasteiger partial charge on any atom is 0.303 e. The van der Waals surface area contributed by atoms with Crippen molar-refractivity contribution >= 4 is 11.8 Å². The van der Waals surface area contributed by atoms with Crippen molar-refractivity contribution < 1.29 is 19.8 Å². The summed E-state index contributed by atoms with van der Waals surface area (Å²) >= 11 is 0. The van der Waals surface area contributed by atoms with Crippen LogP contribution in [0.5, 0.6) is 5.75 Å². The van der Waals surface area contributed by atoms with Gasteiger partial charge in [0.1, 0.15) is 11.5 Å². The fraction of sp³-hybridized carbons (Fsp3) is 0.273. The van der Waals surface area contributed by atoms with Gasteiger partial charge in [-0.25, -0.2) is 0 Å². The summed E-state index contributed by atoms with van der Waals surface area (Å²) in [6.45, 7) is 0. The molecule has 0 fully saturated rings. The topological polar surface area (TPSA) is 74.6 Å². The van der Waals surface area contributed by atoms with E-state index in [1.165, 1.54) is 12.1 Å². The van der Waals surface area contributed by atoms with Gasteiger partial charge in [0.2, 0.25) is 0 Å². The Hall–Kier alpha value is -1.84. The maximum absolute atomic E-state index is 11.3. The lowest BCUT2D eigenvalue weighted by Gasteiger charge is -2.00. The third kappa shape index (κ3) is 4.26. The van der Waals surface area contributed by atoms with Gasteiger partial charge in [-0.1, -0.05) is 12.1 Å². The minimum atomic E-state index is -0.973. The third-order valence-electron chi connectivity index (χ3n) is 1.93. The predicted octanol–water partition coefficient (Wildman–Crippen LogP) is 1.37. The Bertz CT molecular complexity index is 371. The largest absolute Gasteiger partial charge is 0.508 e. The molecular formula is C11H12O4. The highest BCUT2D eigenvalue weighted by molar-refractivity contribution is 5.84. The van der Waals surface area contributed by atoms with Crippen LogP contribution in [0.25, 0.3) is 0 Å². The van der Waals surface area contributed by atoms with E-state index >= 15 is 0 Å². The molecule has 0 aromatic heterocycles. The SMILES string of the molecule is O=C(O)CCC(=O)Cc1cccc(O)c1. The number of benzene rings is 1. The molecule has 80 valence electrons. The van der Waals surface area contributed by atoms with E-state index in [0.29, 0.717) is 5.56 Å². The van der Waals surface area contributed by atoms with E-state index in [0.717, 1.165) is 0 Å². The Morgan fingerprint density at radius 3 is 2.53 bits per heavy atom. The molecule has 15 heavy (non-hydrogen) atoms. The number of hydrogen-bond acceptors (Lipinski definition) is 3. The van der Waals surface area contributed by atoms with Crippen molar-refractivity contribution in [1.82, 2.24) is 0 Å². The second-order valence-electron chi connectivity index (χ2n) is 3.28. The molecule has 4 nitrogen and oxygen atoms in total. The van der Waals surface area contributed by atoms with Gasteiger partial charge in [-0.05, 0) is 17.7 Å². The first-order chi connectivity index (χ1) is 7.08. The summed E-state index contributed by atoms with van der Waals surface area (Å²) in [6.07, 6.45) is 0.0598. The Morgan fingerprint density at radius 2 is 1.93 bits per heavy atom. The van der Waals surface area contributed by atoms with Gasteiger partial charge in [0, 0.05) is 12.8 Å². The molecule has 1 aromatic carbocycles. The Balaban J connectivity index is 2.48. The van der Waals surface area contributed by atoms with Crippen LogP contribution in [0.4, 0.5) is 0 Å². The fourth-order valence-electron chi connectivity index (χ4n) is 1.23. The summed E-state index contributed by atoms with van der Waals surface area (Å²) in [5.41, 5.74) is 0.699. The average Bonchev–Trinajstić information content (AvgIpc) is 2.15. The number of carboxylic acid groups (broad SMARTS) is 1. The number of aliphatic carboxylic acids is 1. The van der Waals surface area contributed by atoms with Crippen molar-refractivity contribution in [2.75, 3.05) is 0 Å². The number of carbonyl (C=O) groups is 2. The van der Waals surface area contributed by atoms with Crippen molar-refractivity contribution in [3.63, 3.8) is 0 Å². The predicted molar refractivity (Wildman–Crippen MR) is 53.7 cm³/mol. The van der Waals surface area contributed by atoms with Crippen LogP contribution in [0.1, 0.15) is 18.4 Å². The maximum atomic E-state index is 11.3. The van der Waals surface area contributed by atoms with Crippen LogP contribution in [0, 0.1) is 0 Å². The molecule has 0 radical (unpaired) electrons. The number of rotatable bonds is 5. The molecule has 0 saturated carbocycles. The summed E-state index contributed by atoms with van der Waals surface area (Å²) in [7, 11) is 0. The first-order valence-electron chi connectivity index (χ1n) is 4.59. The van der Waals surface area contributed by atoms with Crippen LogP contribution < -0.4 is 0 Å². The molecule has 0 aliphatic heterocycles. The molecule has 0 unspecified atom stereocenters. The number of phenols is 1. The highest BCUT2D eigenvalue weighted by Crippen LogP contribution is 2.12. The van der Waals surface area contributed by atoms with Gasteiger partial charge in [0.15, 0.2) is 0 Å². The molecule has 1 rings (SSSR count). The van der Waals surface area contributed by atoms with Gasteiger partial charge in [-0.2, -0.15) is 0 Å². The summed E-state index contributed by atoms with van der Waals surface area (Å²) in [6, 6.07) is 6.39. The zero-order valence-corrected chi connectivity index (χ0v) is 8.14. The molecule has 0 spiro atoms. The lowest BCUT2D eigenvalue weighted by molar-refractivity contribution is -0.138. The third-order valence-corrected chi connectivity index (χ3v) is 1.93. The Morgan fingerprint density at radius 1 is 1.20 bits per heavy atom. The molecule has 0 atom stereocenters. The Kier molecular flexibility index (Phi) is 3.85. The molecule has 0 aliphatic rings. The first kappa shape index (κ1) is 11.2. The van der Waals surface area contributed by atoms with Crippen LogP contribution in [0.2, 0.25) is 0 Å². The minimum Gasteiger partial charge on any atom is -0.508 e. The van der Waals surface area contributed by atoms with Crippen molar-refractivity contribution in [2.24, 2.45) is 0 Å². The molecule has 0 amide bonds. The van der Waals surface area contributed by atoms with Gasteiger partial charge < -0.3 is 10.2 Å². The van der Waals surface area contributed by atoms with E-state index in [4.69, 9.17) is 10.2 Å². The molecule has 0 bridgehead atoms. The summed E-state index contributed by atoms with van der Waals surface area (Å²) in [5.74, 6) is -0.999. The van der Waals surface area contributed by atoms with Crippen LogP contribution >= 0.6 is 0 Å². The summed E-state index contributed by atoms with van der Waals surface area (Å²) in [5, 5.41) is 17.5. The molecule has 4 heteroatoms. The van der Waals surface area contributed by atoms with E-state index in [1.807, 2.05) is 0 Å². The van der Waals surface area contributed by atoms with Gasteiger partial charge >= 0.3 is 5.97 Å². The van der Waals surface area contributed by atoms with Gasteiger partial charge in [0.05, 0.1) is 6.42 Å². The minimum absolute atomic E-state index is 0.0327. The molecule has 0 heterocycles. The van der Waals surface area contributed by atoms with E-state index in [9.17, 15) is 9.59 Å². The second-order valence-corrected chi connectivity index (χ2v) is 3.28. The smallest absolute Gasteiger partial charge is 0.303 e. The number of phenolic OH excluding ortho intramolecular Hbond substituents is 1. The number of carboxylic acids is 1. The molecule has 1 aromatic rings. The highest BCUT2D eigenvalue weighted by Gasteiger charge is 2.06. The van der Waals surface area contributed by atoms with E-state index in [2.05, 4.69) is 0 Å². The number of hydrogen-bond donors (Lipinski definition) is 2. The zero-order chi connectivity index (χ0) is 11.3. The summed E-state index contributed by atoms with van der Waals surface area (Å²) < 4.78 is 0. The fourth-order valence-corrected chi connectivity index (χ4v) is 1.23. The van der Waals surface area contributed by atoms with Crippen molar-refractivity contribution in [3.05, 3.63) is 29.8 Å². The van der Waals surface area contributed by atoms with Crippen LogP contribution in [-0.4, -0.2) is 22.0 Å². The van der Waals surface area contributed by atoms with Gasteiger partial charge in [-0.15, -0.1) is 0 Å². The number of aromatic hydroxyl groups is 1. The lowest BCUT2D eigenvalue weighted by atomic mass is 10.1. The molecule has 0 saturated heterocycles. The monoisotopic (exact) mass is 208 g/mol. The van der Waals surface area contributed by atoms with Crippen molar-refractivity contribution in [1.29, 1.82) is 0 Å². The second kappa shape index (κ2) is 5.14. The van der Waals surface area contributed by atoms with Crippen molar-refractivity contribution in [3.8, 4) is 5.75 Å². The number of ketones is 1. The Labute approximate surface area is 87.2 Å². The number of carbonyl (C=O) groups excluding carboxylic acids is 1. The van der Waals surface area contributed by atoms with Crippen LogP contribution in [0.3, 0.4) is 0 Å². The quantitative estimate of drug-likeness (QED) is 0.766. The van der Waals surface area contributed by atoms with Crippen molar-refractivity contribution in [2.45, 2.75) is 19.3 Å². The first-order valence-corrected chi connectivity index (χ1v) is 4.59. The number of Topliss-reactive ketones (excluding diaryl/α,β-unsaturated/α-hetero) is 1. The van der Waals surface area contributed by atoms with Gasteiger partial charge in [0.25, 0.3) is 0 Å². The zero-order valence-electron chi connectivity index (χ0n) is 8.14. The molecular weight excluding hydrogens is 196 g/mol. The molecule has 2 N–H and O–H groups in total. The lowest BCUT2D eigenvalue weighted by Crippen LogP contribution is -2.06. The van der Waals surface area contributed by atoms with Gasteiger partial charge in [-0.3, -0.25) is 9.59 Å². The van der Waals surface area contributed by atoms with Crippen LogP contribution in [0.15, 0.2) is 24.3 Å². The van der Waals surface area contributed by atoms with E-state index in [1.54, 1.807) is 12.1 Å². The normalized spacial score (nSPS) is 9.87.